The van der Waals surface area contributed by atoms with Crippen molar-refractivity contribution in [2.45, 2.75) is 103 Å². The van der Waals surface area contributed by atoms with Gasteiger partial charge in [0.05, 0.1) is 6.61 Å². The number of unbranched alkanes of at least 4 members (excludes halogenated alkanes) is 10. The predicted octanol–water partition coefficient (Wildman–Crippen LogP) is 5.98. The number of carbonyl (C=O) groups is 1. The van der Waals surface area contributed by atoms with Crippen LogP contribution in [0.25, 0.3) is 0 Å². The molecule has 0 aliphatic carbocycles. The lowest BCUT2D eigenvalue weighted by molar-refractivity contribution is -0.150. The number of carbonyl (C=O) groups excluding carboxylic acids is 1. The maximum Gasteiger partial charge on any atom is 0.340 e. The fourth-order valence-electron chi connectivity index (χ4n) is 2.37. The van der Waals surface area contributed by atoms with Gasteiger partial charge in [0.15, 0.2) is 6.17 Å². The third-order valence-electron chi connectivity index (χ3n) is 3.81. The average Bonchev–Trinajstić information content (AvgIpc) is 2.49. The molecule has 0 bridgehead atoms. The van der Waals surface area contributed by atoms with Gasteiger partial charge in [0.25, 0.3) is 0 Å². The van der Waals surface area contributed by atoms with Gasteiger partial charge in [-0.25, -0.2) is 9.18 Å². The van der Waals surface area contributed by atoms with E-state index in [1.807, 2.05) is 0 Å². The summed E-state index contributed by atoms with van der Waals surface area (Å²) in [5.74, 6) is -0.655. The molecule has 126 valence electrons. The van der Waals surface area contributed by atoms with Crippen molar-refractivity contribution in [3.8, 4) is 0 Å². The summed E-state index contributed by atoms with van der Waals surface area (Å²) in [6.45, 7) is 4.74. The molecule has 0 aromatic heterocycles. The highest BCUT2D eigenvalue weighted by molar-refractivity contribution is 5.74. The summed E-state index contributed by atoms with van der Waals surface area (Å²) in [6, 6.07) is 0. The van der Waals surface area contributed by atoms with Crippen molar-refractivity contribution in [3.05, 3.63) is 0 Å². The molecule has 0 aromatic carbocycles. The van der Waals surface area contributed by atoms with E-state index in [0.29, 0.717) is 13.0 Å². The summed E-state index contributed by atoms with van der Waals surface area (Å²) in [5, 5.41) is 0. The highest BCUT2D eigenvalue weighted by atomic mass is 19.1. The summed E-state index contributed by atoms with van der Waals surface area (Å²) in [7, 11) is 0. The molecule has 0 amide bonds. The maximum absolute atomic E-state index is 13.6. The van der Waals surface area contributed by atoms with E-state index in [2.05, 4.69) is 13.8 Å². The lowest BCUT2D eigenvalue weighted by Crippen LogP contribution is -2.19. The second kappa shape index (κ2) is 15.8. The van der Waals surface area contributed by atoms with E-state index in [1.165, 1.54) is 44.9 Å². The van der Waals surface area contributed by atoms with Gasteiger partial charge < -0.3 is 4.74 Å². The van der Waals surface area contributed by atoms with E-state index >= 15 is 0 Å². The van der Waals surface area contributed by atoms with Gasteiger partial charge in [-0.3, -0.25) is 0 Å². The molecular formula is C18H35FO2. The summed E-state index contributed by atoms with van der Waals surface area (Å²) in [4.78, 5) is 11.4. The normalized spacial score (nSPS) is 12.3. The van der Waals surface area contributed by atoms with Crippen LogP contribution in [-0.4, -0.2) is 18.7 Å². The SMILES string of the molecule is CCCCCCCCOC(=O)C(F)CCCCCCCC. The Balaban J connectivity index is 3.36. The molecule has 0 aromatic rings. The van der Waals surface area contributed by atoms with E-state index in [1.54, 1.807) is 0 Å². The third-order valence-corrected chi connectivity index (χ3v) is 3.81. The molecule has 3 heteroatoms. The monoisotopic (exact) mass is 302 g/mol. The van der Waals surface area contributed by atoms with Crippen LogP contribution in [0.3, 0.4) is 0 Å². The number of alkyl halides is 1. The number of esters is 1. The van der Waals surface area contributed by atoms with Gasteiger partial charge in [0, 0.05) is 0 Å². The van der Waals surface area contributed by atoms with Gasteiger partial charge in [0.2, 0.25) is 0 Å². The van der Waals surface area contributed by atoms with E-state index in [-0.39, 0.29) is 0 Å². The Morgan fingerprint density at radius 1 is 0.810 bits per heavy atom. The Morgan fingerprint density at radius 2 is 1.29 bits per heavy atom. The molecule has 0 fully saturated rings. The largest absolute Gasteiger partial charge is 0.464 e. The van der Waals surface area contributed by atoms with Crippen LogP contribution in [-0.2, 0) is 9.53 Å². The van der Waals surface area contributed by atoms with Crippen molar-refractivity contribution >= 4 is 5.97 Å². The summed E-state index contributed by atoms with van der Waals surface area (Å²) < 4.78 is 18.6. The number of ether oxygens (including phenoxy) is 1. The first-order valence-corrected chi connectivity index (χ1v) is 9.03. The van der Waals surface area contributed by atoms with Crippen LogP contribution in [0.15, 0.2) is 0 Å². The Hall–Kier alpha value is -0.600. The molecule has 1 unspecified atom stereocenters. The van der Waals surface area contributed by atoms with Crippen LogP contribution in [0, 0.1) is 0 Å². The number of rotatable bonds is 15. The Morgan fingerprint density at radius 3 is 1.86 bits per heavy atom. The first kappa shape index (κ1) is 20.4. The Bertz CT molecular complexity index is 231. The van der Waals surface area contributed by atoms with Crippen molar-refractivity contribution in [2.24, 2.45) is 0 Å². The van der Waals surface area contributed by atoms with E-state index in [0.717, 1.165) is 32.1 Å². The van der Waals surface area contributed by atoms with Crippen molar-refractivity contribution in [1.82, 2.24) is 0 Å². The molecule has 0 heterocycles. The van der Waals surface area contributed by atoms with Gasteiger partial charge in [0.1, 0.15) is 0 Å². The number of hydrogen-bond donors (Lipinski definition) is 0. The quantitative estimate of drug-likeness (QED) is 0.275. The fraction of sp³-hybridized carbons (Fsp3) is 0.944. The van der Waals surface area contributed by atoms with Crippen molar-refractivity contribution in [1.29, 1.82) is 0 Å². The van der Waals surface area contributed by atoms with Crippen molar-refractivity contribution in [3.63, 3.8) is 0 Å². The zero-order valence-electron chi connectivity index (χ0n) is 14.2. The topological polar surface area (TPSA) is 26.3 Å². The van der Waals surface area contributed by atoms with Gasteiger partial charge in [-0.05, 0) is 19.3 Å². The molecule has 2 nitrogen and oxygen atoms in total. The molecule has 0 saturated carbocycles. The standard InChI is InChI=1S/C18H35FO2/c1-3-5-7-9-11-13-15-17(19)18(20)21-16-14-12-10-8-6-4-2/h17H,3-16H2,1-2H3. The highest BCUT2D eigenvalue weighted by Crippen LogP contribution is 2.12. The molecule has 0 radical (unpaired) electrons. The lowest BCUT2D eigenvalue weighted by atomic mass is 10.1. The van der Waals surface area contributed by atoms with Crippen LogP contribution in [0.1, 0.15) is 97.3 Å². The Kier molecular flexibility index (Phi) is 15.3. The predicted molar refractivity (Wildman–Crippen MR) is 87.2 cm³/mol. The van der Waals surface area contributed by atoms with Crippen molar-refractivity contribution < 1.29 is 13.9 Å². The van der Waals surface area contributed by atoms with Crippen LogP contribution < -0.4 is 0 Å². The van der Waals surface area contributed by atoms with Crippen LogP contribution in [0.4, 0.5) is 4.39 Å². The molecule has 0 spiro atoms. The van der Waals surface area contributed by atoms with Gasteiger partial charge >= 0.3 is 5.97 Å². The average molecular weight is 302 g/mol. The summed E-state index contributed by atoms with van der Waals surface area (Å²) in [6.07, 6.45) is 12.4. The third kappa shape index (κ3) is 14.1. The minimum absolute atomic E-state index is 0.321. The zero-order chi connectivity index (χ0) is 15.8. The molecule has 0 N–H and O–H groups in total. The van der Waals surface area contributed by atoms with Gasteiger partial charge in [-0.15, -0.1) is 0 Å². The van der Waals surface area contributed by atoms with Gasteiger partial charge in [-0.2, -0.15) is 0 Å². The van der Waals surface area contributed by atoms with Gasteiger partial charge in [-0.1, -0.05) is 78.1 Å². The molecule has 0 aliphatic rings. The molecule has 1 atom stereocenters. The van der Waals surface area contributed by atoms with Crippen LogP contribution in [0.5, 0.6) is 0 Å². The molecule has 0 rings (SSSR count). The van der Waals surface area contributed by atoms with Crippen LogP contribution in [0.2, 0.25) is 0 Å². The lowest BCUT2D eigenvalue weighted by Gasteiger charge is -2.09. The Labute approximate surface area is 130 Å². The van der Waals surface area contributed by atoms with E-state index in [9.17, 15) is 9.18 Å². The van der Waals surface area contributed by atoms with E-state index < -0.39 is 12.1 Å². The zero-order valence-corrected chi connectivity index (χ0v) is 14.2. The van der Waals surface area contributed by atoms with Crippen LogP contribution >= 0.6 is 0 Å². The second-order valence-electron chi connectivity index (χ2n) is 5.96. The highest BCUT2D eigenvalue weighted by Gasteiger charge is 2.17. The smallest absolute Gasteiger partial charge is 0.340 e. The molecule has 0 aliphatic heterocycles. The first-order chi connectivity index (χ1) is 10.2. The van der Waals surface area contributed by atoms with Crippen molar-refractivity contribution in [2.75, 3.05) is 6.61 Å². The molecule has 21 heavy (non-hydrogen) atoms. The molecule has 0 saturated heterocycles. The number of hydrogen-bond acceptors (Lipinski definition) is 2. The minimum Gasteiger partial charge on any atom is -0.464 e. The maximum atomic E-state index is 13.6. The second-order valence-corrected chi connectivity index (χ2v) is 5.96. The molecular weight excluding hydrogens is 267 g/mol. The fourth-order valence-corrected chi connectivity index (χ4v) is 2.37. The van der Waals surface area contributed by atoms with E-state index in [4.69, 9.17) is 4.74 Å². The minimum atomic E-state index is -1.42. The number of halogens is 1. The first-order valence-electron chi connectivity index (χ1n) is 9.03. The summed E-state index contributed by atoms with van der Waals surface area (Å²) in [5.41, 5.74) is 0. The summed E-state index contributed by atoms with van der Waals surface area (Å²) >= 11 is 0.